The number of hydrogen-bond acceptors (Lipinski definition) is 4. The third kappa shape index (κ3) is 3.09. The minimum absolute atomic E-state index is 0.217. The van der Waals surface area contributed by atoms with Crippen molar-refractivity contribution in [3.63, 3.8) is 0 Å². The number of para-hydroxylation sites is 1. The van der Waals surface area contributed by atoms with Gasteiger partial charge in [0.05, 0.1) is 6.04 Å². The van der Waals surface area contributed by atoms with Crippen molar-refractivity contribution in [3.8, 4) is 5.75 Å². The Balaban J connectivity index is 1.53. The molecule has 1 aromatic carbocycles. The van der Waals surface area contributed by atoms with Crippen LogP contribution in [0.15, 0.2) is 54.9 Å². The lowest BCUT2D eigenvalue weighted by Crippen LogP contribution is -2.61. The Labute approximate surface area is 137 Å². The summed E-state index contributed by atoms with van der Waals surface area (Å²) < 4.78 is 6.26. The van der Waals surface area contributed by atoms with Crippen LogP contribution in [-0.2, 0) is 0 Å². The van der Waals surface area contributed by atoms with E-state index >= 15 is 0 Å². The van der Waals surface area contributed by atoms with Gasteiger partial charge in [-0.05, 0) is 55.8 Å². The third-order valence-electron chi connectivity index (χ3n) is 4.96. The topological polar surface area (TPSA) is 37.4 Å². The minimum Gasteiger partial charge on any atom is -0.487 e. The maximum Gasteiger partial charge on any atom is 0.131 e. The van der Waals surface area contributed by atoms with Gasteiger partial charge in [0.25, 0.3) is 0 Å². The third-order valence-corrected chi connectivity index (χ3v) is 4.96. The first kappa shape index (κ1) is 14.7. The monoisotopic (exact) mass is 309 g/mol. The summed E-state index contributed by atoms with van der Waals surface area (Å²) in [5.74, 6) is 0.960. The first-order chi connectivity index (χ1) is 11.4. The Bertz CT molecular complexity index is 613. The fraction of sp³-hybridized carbons (Fsp3) is 0.421. The molecule has 1 aromatic heterocycles. The van der Waals surface area contributed by atoms with Gasteiger partial charge < -0.3 is 10.1 Å². The number of pyridine rings is 1. The quantitative estimate of drug-likeness (QED) is 0.942. The normalized spacial score (nSPS) is 25.7. The fourth-order valence-electron chi connectivity index (χ4n) is 3.75. The molecule has 0 bridgehead atoms. The van der Waals surface area contributed by atoms with Crippen molar-refractivity contribution in [2.45, 2.75) is 31.0 Å². The Morgan fingerprint density at radius 1 is 1.00 bits per heavy atom. The van der Waals surface area contributed by atoms with Gasteiger partial charge in [-0.15, -0.1) is 0 Å². The summed E-state index contributed by atoms with van der Waals surface area (Å²) in [6.07, 6.45) is 6.43. The van der Waals surface area contributed by atoms with Gasteiger partial charge in [-0.1, -0.05) is 18.2 Å². The number of piperidine rings is 1. The number of hydrogen-bond donors (Lipinski definition) is 1. The second kappa shape index (κ2) is 6.69. The number of nitrogens with one attached hydrogen (secondary N) is 1. The van der Waals surface area contributed by atoms with E-state index in [9.17, 15) is 0 Å². The molecule has 2 atom stereocenters. The summed E-state index contributed by atoms with van der Waals surface area (Å²) in [5.41, 5.74) is 1.31. The molecule has 0 amide bonds. The van der Waals surface area contributed by atoms with Crippen LogP contribution in [0.2, 0.25) is 0 Å². The van der Waals surface area contributed by atoms with Crippen molar-refractivity contribution in [1.82, 2.24) is 15.2 Å². The van der Waals surface area contributed by atoms with Crippen molar-refractivity contribution in [2.75, 3.05) is 19.6 Å². The van der Waals surface area contributed by atoms with Crippen molar-refractivity contribution >= 4 is 0 Å². The van der Waals surface area contributed by atoms with Gasteiger partial charge in [0.2, 0.25) is 0 Å². The van der Waals surface area contributed by atoms with Gasteiger partial charge in [0.15, 0.2) is 0 Å². The highest BCUT2D eigenvalue weighted by Crippen LogP contribution is 2.39. The van der Waals surface area contributed by atoms with Crippen LogP contribution < -0.4 is 10.1 Å². The van der Waals surface area contributed by atoms with Crippen molar-refractivity contribution in [2.24, 2.45) is 0 Å². The van der Waals surface area contributed by atoms with E-state index < -0.39 is 0 Å². The molecule has 2 unspecified atom stereocenters. The summed E-state index contributed by atoms with van der Waals surface area (Å²) in [5, 5.41) is 3.46. The summed E-state index contributed by atoms with van der Waals surface area (Å²) >= 11 is 0. The molecule has 4 nitrogen and oxygen atoms in total. The van der Waals surface area contributed by atoms with E-state index in [4.69, 9.17) is 4.74 Å². The number of aromatic nitrogens is 1. The van der Waals surface area contributed by atoms with Crippen molar-refractivity contribution < 1.29 is 4.74 Å². The molecule has 0 saturated carbocycles. The van der Waals surface area contributed by atoms with Crippen molar-refractivity contribution in [3.05, 3.63) is 60.4 Å². The summed E-state index contributed by atoms with van der Waals surface area (Å²) in [6, 6.07) is 15.4. The zero-order valence-corrected chi connectivity index (χ0v) is 13.3. The van der Waals surface area contributed by atoms with Gasteiger partial charge in [0.1, 0.15) is 11.9 Å². The Morgan fingerprint density at radius 3 is 2.48 bits per heavy atom. The van der Waals surface area contributed by atoms with E-state index in [1.54, 1.807) is 0 Å². The van der Waals surface area contributed by atoms with Crippen LogP contribution in [0.25, 0.3) is 0 Å². The second-order valence-corrected chi connectivity index (χ2v) is 6.37. The zero-order valence-electron chi connectivity index (χ0n) is 13.3. The van der Waals surface area contributed by atoms with E-state index in [-0.39, 0.29) is 6.10 Å². The number of rotatable bonds is 4. The van der Waals surface area contributed by atoms with Crippen LogP contribution in [0, 0.1) is 0 Å². The van der Waals surface area contributed by atoms with E-state index in [1.807, 2.05) is 42.7 Å². The summed E-state index contributed by atoms with van der Waals surface area (Å²) in [7, 11) is 0. The predicted molar refractivity (Wildman–Crippen MR) is 90.4 cm³/mol. The number of ether oxygens (including phenoxy) is 1. The molecule has 1 N–H and O–H groups in total. The molecule has 4 rings (SSSR count). The van der Waals surface area contributed by atoms with Crippen LogP contribution in [0.4, 0.5) is 0 Å². The average Bonchev–Trinajstić information content (AvgIpc) is 2.61. The Morgan fingerprint density at radius 2 is 1.74 bits per heavy atom. The highest BCUT2D eigenvalue weighted by molar-refractivity contribution is 5.26. The van der Waals surface area contributed by atoms with Crippen LogP contribution >= 0.6 is 0 Å². The molecule has 0 radical (unpaired) electrons. The second-order valence-electron chi connectivity index (χ2n) is 6.37. The molecular formula is C19H23N3O. The standard InChI is InChI=1S/C19H23N3O/c1-2-4-17(5-3-1)23-18-14-22(16-8-12-21-13-9-16)19(18)15-6-10-20-11-7-15/h1-7,10-11,16,18-19,21H,8-9,12-14H2. The van der Waals surface area contributed by atoms with Crippen LogP contribution in [0.5, 0.6) is 5.75 Å². The molecule has 0 aliphatic carbocycles. The fourth-order valence-corrected chi connectivity index (χ4v) is 3.75. The maximum absolute atomic E-state index is 6.26. The summed E-state index contributed by atoms with van der Waals surface area (Å²) in [6.45, 7) is 3.25. The summed E-state index contributed by atoms with van der Waals surface area (Å²) in [4.78, 5) is 6.78. The molecule has 2 saturated heterocycles. The molecule has 23 heavy (non-hydrogen) atoms. The lowest BCUT2D eigenvalue weighted by atomic mass is 9.87. The first-order valence-corrected chi connectivity index (χ1v) is 8.50. The van der Waals surface area contributed by atoms with E-state index in [0.717, 1.165) is 25.4 Å². The van der Waals surface area contributed by atoms with E-state index in [0.29, 0.717) is 12.1 Å². The molecule has 0 spiro atoms. The van der Waals surface area contributed by atoms with E-state index in [1.165, 1.54) is 18.4 Å². The first-order valence-electron chi connectivity index (χ1n) is 8.50. The highest BCUT2D eigenvalue weighted by atomic mass is 16.5. The predicted octanol–water partition coefficient (Wildman–Crippen LogP) is 2.64. The maximum atomic E-state index is 6.26. The molecule has 4 heteroatoms. The van der Waals surface area contributed by atoms with Gasteiger partial charge >= 0.3 is 0 Å². The Hall–Kier alpha value is -1.91. The molecule has 2 aromatic rings. The zero-order chi connectivity index (χ0) is 15.5. The van der Waals surface area contributed by atoms with E-state index in [2.05, 4.69) is 27.3 Å². The van der Waals surface area contributed by atoms with Crippen LogP contribution in [0.3, 0.4) is 0 Å². The average molecular weight is 309 g/mol. The molecule has 3 heterocycles. The SMILES string of the molecule is c1ccc(OC2CN(C3CCNCC3)C2c2ccncc2)cc1. The van der Waals surface area contributed by atoms with Gasteiger partial charge in [0, 0.05) is 25.0 Å². The minimum atomic E-state index is 0.217. The molecule has 2 aliphatic rings. The van der Waals surface area contributed by atoms with Gasteiger partial charge in [-0.2, -0.15) is 0 Å². The number of nitrogens with zero attached hydrogens (tertiary/aromatic N) is 2. The van der Waals surface area contributed by atoms with Crippen LogP contribution in [-0.4, -0.2) is 41.7 Å². The lowest BCUT2D eigenvalue weighted by molar-refractivity contribution is -0.0797. The van der Waals surface area contributed by atoms with Crippen molar-refractivity contribution in [1.29, 1.82) is 0 Å². The lowest BCUT2D eigenvalue weighted by Gasteiger charge is -2.52. The molecule has 2 aliphatic heterocycles. The smallest absolute Gasteiger partial charge is 0.131 e. The van der Waals surface area contributed by atoms with Crippen LogP contribution in [0.1, 0.15) is 24.4 Å². The molecular weight excluding hydrogens is 286 g/mol. The van der Waals surface area contributed by atoms with Gasteiger partial charge in [-0.25, -0.2) is 0 Å². The number of likely N-dealkylation sites (tertiary alicyclic amines) is 1. The highest BCUT2D eigenvalue weighted by Gasteiger charge is 2.45. The number of benzene rings is 1. The Kier molecular flexibility index (Phi) is 4.26. The van der Waals surface area contributed by atoms with Gasteiger partial charge in [-0.3, -0.25) is 9.88 Å². The molecule has 120 valence electrons. The molecule has 2 fully saturated rings. The largest absolute Gasteiger partial charge is 0.487 e.